The fourth-order valence-corrected chi connectivity index (χ4v) is 1.92. The van der Waals surface area contributed by atoms with Crippen LogP contribution in [-0.4, -0.2) is 64.1 Å². The van der Waals surface area contributed by atoms with Gasteiger partial charge in [0.25, 0.3) is 0 Å². The van der Waals surface area contributed by atoms with Crippen molar-refractivity contribution in [2.75, 3.05) is 13.7 Å². The van der Waals surface area contributed by atoms with Gasteiger partial charge in [0.15, 0.2) is 11.9 Å². The fourth-order valence-electron chi connectivity index (χ4n) is 1.92. The molecular weight excluding hydrogens is 352 g/mol. The van der Waals surface area contributed by atoms with Crippen LogP contribution in [0.4, 0.5) is 4.79 Å². The second-order valence-electron chi connectivity index (χ2n) is 5.45. The summed E-state index contributed by atoms with van der Waals surface area (Å²) in [5.41, 5.74) is 10.9. The number of methoxy groups -OCH3 is 1. The van der Waals surface area contributed by atoms with Gasteiger partial charge in [-0.2, -0.15) is 4.98 Å². The van der Waals surface area contributed by atoms with E-state index in [2.05, 4.69) is 20.8 Å². The highest BCUT2D eigenvalue weighted by Gasteiger charge is 2.29. The number of aliphatic hydroxyl groups is 1. The van der Waals surface area contributed by atoms with E-state index >= 15 is 0 Å². The molecule has 13 nitrogen and oxygen atoms in total. The summed E-state index contributed by atoms with van der Waals surface area (Å²) < 4.78 is 9.85. The molecule has 1 rings (SSSR count). The Morgan fingerprint density at radius 3 is 2.50 bits per heavy atom. The fraction of sp³-hybridized carbons (Fsp3) is 0.615. The Labute approximate surface area is 148 Å². The van der Waals surface area contributed by atoms with Crippen LogP contribution >= 0.6 is 0 Å². The molecule has 0 aliphatic carbocycles. The lowest BCUT2D eigenvalue weighted by Gasteiger charge is -2.19. The van der Waals surface area contributed by atoms with Gasteiger partial charge in [0.2, 0.25) is 11.8 Å². The predicted octanol–water partition coefficient (Wildman–Crippen LogP) is -2.23. The average Bonchev–Trinajstić information content (AvgIpc) is 3.01. The number of aliphatic hydroxyl groups excluding tert-OH is 1. The third-order valence-electron chi connectivity index (χ3n) is 3.18. The van der Waals surface area contributed by atoms with Gasteiger partial charge in [-0.25, -0.2) is 9.59 Å². The van der Waals surface area contributed by atoms with Gasteiger partial charge in [0.1, 0.15) is 6.04 Å². The summed E-state index contributed by atoms with van der Waals surface area (Å²) in [6, 6.07) is -4.35. The minimum atomic E-state index is -1.56. The Morgan fingerprint density at radius 1 is 1.35 bits per heavy atom. The van der Waals surface area contributed by atoms with Crippen molar-refractivity contribution in [3.63, 3.8) is 0 Å². The van der Waals surface area contributed by atoms with Gasteiger partial charge in [-0.1, -0.05) is 5.16 Å². The molecule has 1 aromatic heterocycles. The molecule has 0 saturated heterocycles. The van der Waals surface area contributed by atoms with Crippen molar-refractivity contribution in [3.05, 3.63) is 11.7 Å². The molecule has 8 N–H and O–H groups in total. The molecule has 3 amide bonds. The molecule has 0 aromatic carbocycles. The number of carbonyl (C=O) groups is 3. The Hall–Kier alpha value is -2.77. The van der Waals surface area contributed by atoms with E-state index in [4.69, 9.17) is 25.8 Å². The third kappa shape index (κ3) is 6.27. The molecule has 0 aliphatic rings. The molecule has 146 valence electrons. The van der Waals surface area contributed by atoms with Crippen LogP contribution < -0.4 is 22.1 Å². The van der Waals surface area contributed by atoms with E-state index in [9.17, 15) is 19.5 Å². The highest BCUT2D eigenvalue weighted by atomic mass is 16.5. The van der Waals surface area contributed by atoms with Gasteiger partial charge < -0.3 is 41.6 Å². The van der Waals surface area contributed by atoms with E-state index in [0.717, 1.165) is 0 Å². The van der Waals surface area contributed by atoms with E-state index in [1.54, 1.807) is 0 Å². The zero-order valence-corrected chi connectivity index (χ0v) is 14.2. The minimum Gasteiger partial charge on any atom is -0.480 e. The third-order valence-corrected chi connectivity index (χ3v) is 3.18. The molecule has 1 unspecified atom stereocenters. The summed E-state index contributed by atoms with van der Waals surface area (Å²) in [5.74, 6) is -2.27. The number of primary amides is 1. The summed E-state index contributed by atoms with van der Waals surface area (Å²) in [4.78, 5) is 38.2. The van der Waals surface area contributed by atoms with E-state index in [1.807, 2.05) is 0 Å². The zero-order valence-electron chi connectivity index (χ0n) is 14.2. The van der Waals surface area contributed by atoms with Crippen LogP contribution in [0.2, 0.25) is 0 Å². The number of hydrogen-bond acceptors (Lipinski definition) is 9. The molecule has 0 spiro atoms. The van der Waals surface area contributed by atoms with E-state index in [-0.39, 0.29) is 24.7 Å². The van der Waals surface area contributed by atoms with Gasteiger partial charge in [-0.05, 0) is 6.92 Å². The largest absolute Gasteiger partial charge is 0.480 e. The molecule has 0 fully saturated rings. The minimum absolute atomic E-state index is 0.0888. The highest BCUT2D eigenvalue weighted by molar-refractivity contribution is 5.83. The summed E-state index contributed by atoms with van der Waals surface area (Å²) >= 11 is 0. The number of aliphatic carboxylic acids is 1. The van der Waals surface area contributed by atoms with Crippen LogP contribution in [0.1, 0.15) is 37.1 Å². The molecule has 26 heavy (non-hydrogen) atoms. The lowest BCUT2D eigenvalue weighted by atomic mass is 10.2. The molecule has 4 atom stereocenters. The van der Waals surface area contributed by atoms with Crippen LogP contribution in [0.3, 0.4) is 0 Å². The smallest absolute Gasteiger partial charge is 0.328 e. The number of carboxylic acid groups (broad SMARTS) is 1. The molecular formula is C13H22N6O7. The maximum Gasteiger partial charge on any atom is 0.328 e. The van der Waals surface area contributed by atoms with Crippen molar-refractivity contribution < 1.29 is 33.9 Å². The first-order valence-corrected chi connectivity index (χ1v) is 7.49. The number of hydrogen-bond donors (Lipinski definition) is 6. The van der Waals surface area contributed by atoms with Gasteiger partial charge in [-0.15, -0.1) is 0 Å². The number of urea groups is 1. The van der Waals surface area contributed by atoms with E-state index in [1.165, 1.54) is 14.0 Å². The lowest BCUT2D eigenvalue weighted by Crippen LogP contribution is -2.52. The van der Waals surface area contributed by atoms with Crippen LogP contribution in [0.15, 0.2) is 4.52 Å². The lowest BCUT2D eigenvalue weighted by molar-refractivity contribution is -0.141. The van der Waals surface area contributed by atoms with Gasteiger partial charge >= 0.3 is 12.0 Å². The number of nitrogens with zero attached hydrogens (tertiary/aromatic N) is 2. The Kier molecular flexibility index (Phi) is 7.89. The molecule has 0 aliphatic heterocycles. The number of carboxylic acids is 1. The maximum absolute atomic E-state index is 12.0. The topological polar surface area (TPSA) is 216 Å². The number of ether oxygens (including phenoxy) is 1. The number of rotatable bonds is 10. The van der Waals surface area contributed by atoms with Gasteiger partial charge in [-0.3, -0.25) is 4.79 Å². The van der Waals surface area contributed by atoms with Crippen LogP contribution in [-0.2, 0) is 14.3 Å². The first kappa shape index (κ1) is 21.3. The number of aromatic nitrogens is 2. The van der Waals surface area contributed by atoms with Gasteiger partial charge in [0, 0.05) is 7.11 Å². The summed E-state index contributed by atoms with van der Waals surface area (Å²) in [6.07, 6.45) is -1.74. The maximum atomic E-state index is 12.0. The monoisotopic (exact) mass is 374 g/mol. The van der Waals surface area contributed by atoms with Crippen LogP contribution in [0, 0.1) is 0 Å². The molecule has 13 heteroatoms. The summed E-state index contributed by atoms with van der Waals surface area (Å²) in [5, 5.41) is 26.3. The van der Waals surface area contributed by atoms with Crippen molar-refractivity contribution in [2.45, 2.75) is 37.6 Å². The predicted molar refractivity (Wildman–Crippen MR) is 84.4 cm³/mol. The molecule has 1 heterocycles. The Morgan fingerprint density at radius 2 is 2.00 bits per heavy atom. The second-order valence-corrected chi connectivity index (χ2v) is 5.45. The normalized spacial score (nSPS) is 15.5. The standard InChI is InChI=1S/C13H22N6O7/c1-5(20)9(12(22)23)17-13(24)16-7(3-8(15)21)11-18-10(19-26-11)6(14)4-25-2/h5-7,9,20H,3-4,14H2,1-2H3,(H2,15,21)(H,22,23)(H2,16,17,24)/t5?,6-,7-,9-/m0/s1. The van der Waals surface area contributed by atoms with Crippen LogP contribution in [0.5, 0.6) is 0 Å². The van der Waals surface area contributed by atoms with E-state index < -0.39 is 42.1 Å². The first-order valence-electron chi connectivity index (χ1n) is 7.49. The Balaban J connectivity index is 2.89. The number of amides is 3. The Bertz CT molecular complexity index is 634. The number of nitrogens with one attached hydrogen (secondary N) is 2. The second kappa shape index (κ2) is 9.65. The molecule has 0 radical (unpaired) electrons. The first-order chi connectivity index (χ1) is 12.1. The van der Waals surface area contributed by atoms with Crippen molar-refractivity contribution in [3.8, 4) is 0 Å². The quantitative estimate of drug-likeness (QED) is 0.259. The van der Waals surface area contributed by atoms with Crippen molar-refractivity contribution in [1.82, 2.24) is 20.8 Å². The SMILES string of the molecule is COC[C@H](N)c1noc([C@H](CC(N)=O)NC(=O)N[C@H](C(=O)O)C(C)O)n1. The van der Waals surface area contributed by atoms with Crippen molar-refractivity contribution in [2.24, 2.45) is 11.5 Å². The van der Waals surface area contributed by atoms with E-state index in [0.29, 0.717) is 0 Å². The van der Waals surface area contributed by atoms with Crippen molar-refractivity contribution >= 4 is 17.9 Å². The average molecular weight is 374 g/mol. The number of carbonyl (C=O) groups excluding carboxylic acids is 2. The molecule has 0 saturated carbocycles. The highest BCUT2D eigenvalue weighted by Crippen LogP contribution is 2.17. The molecule has 1 aromatic rings. The number of nitrogens with two attached hydrogens (primary N) is 2. The summed E-state index contributed by atoms with van der Waals surface area (Å²) in [7, 11) is 1.43. The van der Waals surface area contributed by atoms with Crippen molar-refractivity contribution in [1.29, 1.82) is 0 Å². The van der Waals surface area contributed by atoms with Gasteiger partial charge in [0.05, 0.1) is 25.2 Å². The summed E-state index contributed by atoms with van der Waals surface area (Å²) in [6.45, 7) is 1.31. The van der Waals surface area contributed by atoms with Crippen LogP contribution in [0.25, 0.3) is 0 Å². The zero-order chi connectivity index (χ0) is 19.9. The molecule has 0 bridgehead atoms.